The monoisotopic (exact) mass is 488 g/mol. The van der Waals surface area contributed by atoms with Crippen LogP contribution in [0.1, 0.15) is 23.7 Å². The highest BCUT2D eigenvalue weighted by Crippen LogP contribution is 2.30. The lowest BCUT2D eigenvalue weighted by atomic mass is 9.97. The highest BCUT2D eigenvalue weighted by molar-refractivity contribution is 6.28. The van der Waals surface area contributed by atoms with Crippen molar-refractivity contribution in [3.8, 4) is 17.3 Å². The zero-order valence-electron chi connectivity index (χ0n) is 18.0. The minimum Gasteiger partial charge on any atom is -0.387 e. The molecular weight excluding hydrogens is 470 g/mol. The topological polar surface area (TPSA) is 121 Å². The van der Waals surface area contributed by atoms with Crippen LogP contribution in [0.3, 0.4) is 0 Å². The van der Waals surface area contributed by atoms with Crippen LogP contribution in [0.5, 0.6) is 0 Å². The van der Waals surface area contributed by atoms with E-state index >= 15 is 0 Å². The van der Waals surface area contributed by atoms with Crippen molar-refractivity contribution in [2.24, 2.45) is 0 Å². The minimum absolute atomic E-state index is 0.0183. The number of halogens is 3. The first kappa shape index (κ1) is 23.7. The number of aromatic nitrogens is 3. The first-order valence-electron chi connectivity index (χ1n) is 10.3. The molecule has 0 aliphatic carbocycles. The molecule has 0 saturated carbocycles. The van der Waals surface area contributed by atoms with Crippen LogP contribution in [0.2, 0.25) is 5.28 Å². The Morgan fingerprint density at radius 2 is 2.12 bits per heavy atom. The predicted molar refractivity (Wildman–Crippen MR) is 118 cm³/mol. The molecule has 1 aromatic carbocycles. The summed E-state index contributed by atoms with van der Waals surface area (Å²) in [5, 5.41) is 31.3. The SMILES string of the molecule is C[C@](O)(CN1CCc2nc(-c3cccc(F)c3F)c(C#N)cc2C1)Cn1cc([N+](=O)[O-])nc1Cl. The standard InChI is InChI=1S/C22H19ClF2N6O3/c1-22(32,12-30-10-18(31(33)34)28-21(30)23)11-29-6-5-17-14(9-29)7-13(8-26)20(27-17)15-3-2-4-16(24)19(15)25/h2-4,7,10,32H,5-6,9,11-12H2,1H3/t22-/m0/s1. The fraction of sp³-hybridized carbons (Fsp3) is 0.318. The lowest BCUT2D eigenvalue weighted by Gasteiger charge is -2.34. The molecule has 2 aromatic heterocycles. The molecule has 0 radical (unpaired) electrons. The third-order valence-electron chi connectivity index (χ3n) is 5.55. The van der Waals surface area contributed by atoms with Crippen LogP contribution in [0.4, 0.5) is 14.6 Å². The van der Waals surface area contributed by atoms with Crippen molar-refractivity contribution >= 4 is 17.4 Å². The van der Waals surface area contributed by atoms with E-state index in [0.717, 1.165) is 11.6 Å². The van der Waals surface area contributed by atoms with E-state index in [-0.39, 0.29) is 35.2 Å². The van der Waals surface area contributed by atoms with E-state index < -0.39 is 28.0 Å². The zero-order chi connectivity index (χ0) is 24.6. The van der Waals surface area contributed by atoms with E-state index in [4.69, 9.17) is 11.6 Å². The summed E-state index contributed by atoms with van der Waals surface area (Å²) in [6.07, 6.45) is 1.64. The maximum absolute atomic E-state index is 14.3. The second-order valence-corrected chi connectivity index (χ2v) is 8.75. The van der Waals surface area contributed by atoms with Gasteiger partial charge < -0.3 is 15.2 Å². The molecule has 0 amide bonds. The minimum atomic E-state index is -1.30. The Morgan fingerprint density at radius 1 is 1.35 bits per heavy atom. The smallest absolute Gasteiger partial charge is 0.383 e. The molecule has 1 aliphatic heterocycles. The predicted octanol–water partition coefficient (Wildman–Crippen LogP) is 3.47. The number of β-amino-alcohol motifs (C(OH)–C–C–N with tert-alkyl or cyclic N) is 1. The number of fused-ring (bicyclic) bond motifs is 1. The summed E-state index contributed by atoms with van der Waals surface area (Å²) in [7, 11) is 0. The van der Waals surface area contributed by atoms with Crippen LogP contribution in [0.15, 0.2) is 30.5 Å². The Hall–Kier alpha value is -3.46. The van der Waals surface area contributed by atoms with Gasteiger partial charge in [0.25, 0.3) is 0 Å². The molecule has 9 nitrogen and oxygen atoms in total. The number of hydrogen-bond donors (Lipinski definition) is 1. The van der Waals surface area contributed by atoms with Crippen molar-refractivity contribution in [1.82, 2.24) is 19.4 Å². The first-order valence-corrected chi connectivity index (χ1v) is 10.6. The third kappa shape index (κ3) is 4.75. The average molecular weight is 489 g/mol. The third-order valence-corrected chi connectivity index (χ3v) is 5.86. The van der Waals surface area contributed by atoms with Gasteiger partial charge in [-0.3, -0.25) is 14.5 Å². The van der Waals surface area contributed by atoms with Crippen LogP contribution >= 0.6 is 11.6 Å². The normalized spacial score (nSPS) is 15.4. The molecule has 0 bridgehead atoms. The van der Waals surface area contributed by atoms with E-state index in [0.29, 0.717) is 25.2 Å². The van der Waals surface area contributed by atoms with Crippen molar-refractivity contribution in [2.75, 3.05) is 13.1 Å². The number of nitro groups is 1. The lowest BCUT2D eigenvalue weighted by molar-refractivity contribution is -0.389. The fourth-order valence-electron chi connectivity index (χ4n) is 4.12. The van der Waals surface area contributed by atoms with Gasteiger partial charge in [-0.2, -0.15) is 5.26 Å². The van der Waals surface area contributed by atoms with E-state index in [1.807, 2.05) is 11.0 Å². The molecule has 3 heterocycles. The van der Waals surface area contributed by atoms with Gasteiger partial charge in [0, 0.05) is 37.3 Å². The van der Waals surface area contributed by atoms with Crippen molar-refractivity contribution < 1.29 is 18.8 Å². The maximum atomic E-state index is 14.3. The number of pyridine rings is 1. The van der Waals surface area contributed by atoms with Crippen LogP contribution in [0.25, 0.3) is 11.3 Å². The Bertz CT molecular complexity index is 1320. The molecule has 12 heteroatoms. The molecule has 1 aliphatic rings. The van der Waals surface area contributed by atoms with E-state index in [2.05, 4.69) is 9.97 Å². The lowest BCUT2D eigenvalue weighted by Crippen LogP contribution is -2.45. The maximum Gasteiger partial charge on any atom is 0.383 e. The number of benzene rings is 1. The van der Waals surface area contributed by atoms with E-state index in [9.17, 15) is 29.3 Å². The van der Waals surface area contributed by atoms with Gasteiger partial charge in [-0.25, -0.2) is 8.78 Å². The zero-order valence-corrected chi connectivity index (χ0v) is 18.8. The van der Waals surface area contributed by atoms with Gasteiger partial charge in [0.1, 0.15) is 12.3 Å². The van der Waals surface area contributed by atoms with Crippen LogP contribution in [-0.2, 0) is 19.5 Å². The molecule has 3 aromatic rings. The number of imidazole rings is 1. The molecule has 0 fully saturated rings. The molecular formula is C22H19ClF2N6O3. The summed E-state index contributed by atoms with van der Waals surface area (Å²) in [5.41, 5.74) is 0.254. The summed E-state index contributed by atoms with van der Waals surface area (Å²) < 4.78 is 29.3. The Balaban J connectivity index is 1.54. The van der Waals surface area contributed by atoms with Gasteiger partial charge >= 0.3 is 11.1 Å². The second kappa shape index (κ2) is 9.06. The number of nitriles is 1. The second-order valence-electron chi connectivity index (χ2n) is 8.41. The van der Waals surface area contributed by atoms with Crippen LogP contribution in [-0.4, -0.2) is 48.2 Å². The van der Waals surface area contributed by atoms with E-state index in [1.165, 1.54) is 22.9 Å². The largest absolute Gasteiger partial charge is 0.387 e. The number of rotatable bonds is 6. The molecule has 0 spiro atoms. The Morgan fingerprint density at radius 3 is 2.79 bits per heavy atom. The summed E-state index contributed by atoms with van der Waals surface area (Å²) in [5.74, 6) is -2.48. The van der Waals surface area contributed by atoms with Gasteiger partial charge in [-0.1, -0.05) is 6.07 Å². The van der Waals surface area contributed by atoms with E-state index in [1.54, 1.807) is 13.0 Å². The van der Waals surface area contributed by atoms with Crippen molar-refractivity contribution in [3.05, 3.63) is 74.3 Å². The quantitative estimate of drug-likeness (QED) is 0.416. The number of aliphatic hydroxyl groups is 1. The summed E-state index contributed by atoms with van der Waals surface area (Å²) in [6.45, 7) is 2.66. The molecule has 0 saturated heterocycles. The fourth-order valence-corrected chi connectivity index (χ4v) is 4.32. The van der Waals surface area contributed by atoms with Gasteiger partial charge in [-0.15, -0.1) is 0 Å². The van der Waals surface area contributed by atoms with Gasteiger partial charge in [0.15, 0.2) is 11.6 Å². The molecule has 34 heavy (non-hydrogen) atoms. The molecule has 176 valence electrons. The van der Waals surface area contributed by atoms with Crippen LogP contribution < -0.4 is 0 Å². The summed E-state index contributed by atoms with van der Waals surface area (Å²) >= 11 is 5.96. The van der Waals surface area contributed by atoms with Crippen molar-refractivity contribution in [3.63, 3.8) is 0 Å². The average Bonchev–Trinajstić information content (AvgIpc) is 3.14. The summed E-state index contributed by atoms with van der Waals surface area (Å²) in [4.78, 5) is 20.3. The van der Waals surface area contributed by atoms with Crippen molar-refractivity contribution in [2.45, 2.75) is 32.0 Å². The highest BCUT2D eigenvalue weighted by Gasteiger charge is 2.30. The summed E-state index contributed by atoms with van der Waals surface area (Å²) in [6, 6.07) is 7.36. The molecule has 1 N–H and O–H groups in total. The van der Waals surface area contributed by atoms with Crippen molar-refractivity contribution in [1.29, 1.82) is 5.26 Å². The van der Waals surface area contributed by atoms with Crippen LogP contribution in [0, 0.1) is 33.1 Å². The first-order chi connectivity index (χ1) is 16.1. The molecule has 1 atom stereocenters. The van der Waals surface area contributed by atoms with Gasteiger partial charge in [-0.05, 0) is 52.2 Å². The molecule has 0 unspecified atom stereocenters. The number of hydrogen-bond acceptors (Lipinski definition) is 7. The number of nitrogens with zero attached hydrogens (tertiary/aromatic N) is 6. The highest BCUT2D eigenvalue weighted by atomic mass is 35.5. The van der Waals surface area contributed by atoms with Gasteiger partial charge in [0.05, 0.1) is 23.4 Å². The Labute approximate surface area is 198 Å². The molecule has 4 rings (SSSR count). The Kier molecular flexibility index (Phi) is 6.31. The van der Waals surface area contributed by atoms with Gasteiger partial charge in [0.2, 0.25) is 0 Å².